The standard InChI is InChI=1S/C57H44N2O/c1-37(2)55(45-31-27-41(28-32-45)40-17-8-5-9-18-40)59-52(35-38(3)39-15-6-4-7-16-39)44-29-25-42(26-30-44)46-33-34-51-50(36-46)57-54(49-22-12-13-24-53(49)60-57)56(58-51)48-23-14-20-43-19-10-11-21-47(43)48/h4-36,54-55,57H,1H2,2-3H3/b38-35+,59-52?. The molecule has 2 heterocycles. The van der Waals surface area contributed by atoms with Gasteiger partial charge in [-0.25, -0.2) is 0 Å². The van der Waals surface area contributed by atoms with Crippen LogP contribution in [0.1, 0.15) is 65.3 Å². The summed E-state index contributed by atoms with van der Waals surface area (Å²) in [5.41, 5.74) is 16.4. The Bertz CT molecular complexity index is 2970. The van der Waals surface area contributed by atoms with Crippen LogP contribution in [0.5, 0.6) is 5.75 Å². The van der Waals surface area contributed by atoms with Gasteiger partial charge in [-0.15, -0.1) is 0 Å². The fourth-order valence-electron chi connectivity index (χ4n) is 8.80. The second-order valence-electron chi connectivity index (χ2n) is 15.9. The normalized spacial score (nSPS) is 16.3. The lowest BCUT2D eigenvalue weighted by Crippen LogP contribution is -2.23. The van der Waals surface area contributed by atoms with Crippen LogP contribution in [-0.2, 0) is 0 Å². The van der Waals surface area contributed by atoms with E-state index in [2.05, 4.69) is 215 Å². The number of rotatable bonds is 9. The van der Waals surface area contributed by atoms with Gasteiger partial charge in [0.15, 0.2) is 0 Å². The number of nitrogens with zero attached hydrogens (tertiary/aromatic N) is 2. The van der Waals surface area contributed by atoms with Crippen molar-refractivity contribution in [2.24, 2.45) is 9.98 Å². The van der Waals surface area contributed by atoms with E-state index in [0.717, 1.165) is 73.0 Å². The van der Waals surface area contributed by atoms with Gasteiger partial charge in [0, 0.05) is 16.7 Å². The van der Waals surface area contributed by atoms with Crippen molar-refractivity contribution in [1.29, 1.82) is 0 Å². The first kappa shape index (κ1) is 36.9. The van der Waals surface area contributed by atoms with E-state index in [4.69, 9.17) is 14.7 Å². The van der Waals surface area contributed by atoms with Gasteiger partial charge < -0.3 is 4.74 Å². The first-order valence-corrected chi connectivity index (χ1v) is 20.7. The third kappa shape index (κ3) is 6.99. The molecule has 60 heavy (non-hydrogen) atoms. The van der Waals surface area contributed by atoms with E-state index in [9.17, 15) is 0 Å². The highest BCUT2D eigenvalue weighted by Crippen LogP contribution is 2.53. The molecule has 10 rings (SSSR count). The van der Waals surface area contributed by atoms with Crippen molar-refractivity contribution >= 4 is 33.5 Å². The smallest absolute Gasteiger partial charge is 0.138 e. The molecule has 2 aliphatic rings. The van der Waals surface area contributed by atoms with Crippen LogP contribution in [0.4, 0.5) is 5.69 Å². The van der Waals surface area contributed by atoms with Crippen LogP contribution in [-0.4, -0.2) is 11.4 Å². The maximum atomic E-state index is 6.83. The summed E-state index contributed by atoms with van der Waals surface area (Å²) in [5.74, 6) is 0.903. The van der Waals surface area contributed by atoms with Gasteiger partial charge >= 0.3 is 0 Å². The molecular weight excluding hydrogens is 729 g/mol. The number of para-hydroxylation sites is 1. The molecule has 0 radical (unpaired) electrons. The average molecular weight is 773 g/mol. The minimum Gasteiger partial charge on any atom is -0.484 e. The minimum atomic E-state index is -0.215. The van der Waals surface area contributed by atoms with Crippen molar-refractivity contribution in [2.45, 2.75) is 31.9 Å². The van der Waals surface area contributed by atoms with E-state index in [-0.39, 0.29) is 18.1 Å². The summed E-state index contributed by atoms with van der Waals surface area (Å²) in [4.78, 5) is 10.9. The number of hydrogen-bond donors (Lipinski definition) is 0. The van der Waals surface area contributed by atoms with Crippen molar-refractivity contribution in [3.63, 3.8) is 0 Å². The Labute approximate surface area is 352 Å². The van der Waals surface area contributed by atoms with Gasteiger partial charge in [-0.05, 0) is 93.4 Å². The third-order valence-electron chi connectivity index (χ3n) is 11.9. The molecule has 288 valence electrons. The summed E-state index contributed by atoms with van der Waals surface area (Å²) >= 11 is 0. The lowest BCUT2D eigenvalue weighted by Gasteiger charge is -2.28. The number of ether oxygens (including phenoxy) is 1. The highest BCUT2D eigenvalue weighted by Gasteiger charge is 2.43. The van der Waals surface area contributed by atoms with E-state index in [1.807, 2.05) is 6.07 Å². The van der Waals surface area contributed by atoms with E-state index >= 15 is 0 Å². The van der Waals surface area contributed by atoms with E-state index < -0.39 is 0 Å². The highest BCUT2D eigenvalue weighted by atomic mass is 16.5. The maximum Gasteiger partial charge on any atom is 0.138 e. The van der Waals surface area contributed by atoms with E-state index in [1.165, 1.54) is 27.5 Å². The summed E-state index contributed by atoms with van der Waals surface area (Å²) in [7, 11) is 0. The molecule has 3 nitrogen and oxygen atoms in total. The molecule has 8 aromatic rings. The van der Waals surface area contributed by atoms with Crippen LogP contribution in [0.15, 0.2) is 222 Å². The molecule has 3 atom stereocenters. The first-order valence-electron chi connectivity index (χ1n) is 20.7. The van der Waals surface area contributed by atoms with Gasteiger partial charge in [0.05, 0.1) is 29.1 Å². The molecule has 3 unspecified atom stereocenters. The third-order valence-corrected chi connectivity index (χ3v) is 11.9. The Morgan fingerprint density at radius 2 is 1.23 bits per heavy atom. The van der Waals surface area contributed by atoms with Gasteiger partial charge in [0.25, 0.3) is 0 Å². The molecule has 0 spiro atoms. The van der Waals surface area contributed by atoms with Crippen molar-refractivity contribution < 1.29 is 4.74 Å². The minimum absolute atomic E-state index is 0.0219. The van der Waals surface area contributed by atoms with Crippen LogP contribution in [0.25, 0.3) is 38.6 Å². The van der Waals surface area contributed by atoms with E-state index in [1.54, 1.807) is 0 Å². The fraction of sp³-hybridized carbons (Fsp3) is 0.0877. The van der Waals surface area contributed by atoms with Crippen molar-refractivity contribution in [3.05, 3.63) is 246 Å². The van der Waals surface area contributed by atoms with Crippen LogP contribution in [0.2, 0.25) is 0 Å². The SMILES string of the molecule is C=C(C)C(N=C(/C=C(\C)c1ccccc1)c1ccc(-c2ccc3c(c2)C2Oc4ccccc4C2C(c2cccc4ccccc24)=N3)cc1)c1ccc(-c2ccccc2)cc1. The number of fused-ring (bicyclic) bond motifs is 6. The summed E-state index contributed by atoms with van der Waals surface area (Å²) in [6.07, 6.45) is 2.02. The quantitative estimate of drug-likeness (QED) is 0.106. The fourth-order valence-corrected chi connectivity index (χ4v) is 8.80. The average Bonchev–Trinajstić information content (AvgIpc) is 3.71. The lowest BCUT2D eigenvalue weighted by atomic mass is 9.80. The molecule has 3 heteroatoms. The zero-order valence-corrected chi connectivity index (χ0v) is 33.8. The van der Waals surface area contributed by atoms with E-state index in [0.29, 0.717) is 0 Å². The summed E-state index contributed by atoms with van der Waals surface area (Å²) in [6, 6.07) is 68.4. The number of hydrogen-bond acceptors (Lipinski definition) is 3. The molecule has 0 fully saturated rings. The highest BCUT2D eigenvalue weighted by molar-refractivity contribution is 6.16. The van der Waals surface area contributed by atoms with Crippen LogP contribution < -0.4 is 4.74 Å². The maximum absolute atomic E-state index is 6.83. The monoisotopic (exact) mass is 772 g/mol. The van der Waals surface area contributed by atoms with Gasteiger partial charge in [-0.3, -0.25) is 9.98 Å². The molecule has 0 aromatic heterocycles. The molecule has 2 aliphatic heterocycles. The molecule has 8 aromatic carbocycles. The van der Waals surface area contributed by atoms with Crippen molar-refractivity contribution in [2.75, 3.05) is 0 Å². The van der Waals surface area contributed by atoms with Gasteiger partial charge in [-0.2, -0.15) is 0 Å². The molecule has 0 N–H and O–H groups in total. The summed E-state index contributed by atoms with van der Waals surface area (Å²) < 4.78 is 6.83. The van der Waals surface area contributed by atoms with Crippen LogP contribution >= 0.6 is 0 Å². The molecule has 0 saturated heterocycles. The number of allylic oxidation sites excluding steroid dienone is 2. The Hall–Kier alpha value is -7.36. The van der Waals surface area contributed by atoms with Crippen LogP contribution in [0.3, 0.4) is 0 Å². The van der Waals surface area contributed by atoms with Crippen molar-refractivity contribution in [1.82, 2.24) is 0 Å². The molecule has 0 saturated carbocycles. The molecular formula is C57H44N2O. The summed E-state index contributed by atoms with van der Waals surface area (Å²) in [6.45, 7) is 8.63. The number of aliphatic imine (C=N–C) groups is 2. The molecule has 0 aliphatic carbocycles. The molecule has 0 amide bonds. The van der Waals surface area contributed by atoms with Crippen molar-refractivity contribution in [3.8, 4) is 28.0 Å². The van der Waals surface area contributed by atoms with Gasteiger partial charge in [0.1, 0.15) is 11.9 Å². The Kier molecular flexibility index (Phi) is 9.71. The Balaban J connectivity index is 1.02. The van der Waals surface area contributed by atoms with Crippen LogP contribution in [0, 0.1) is 0 Å². The van der Waals surface area contributed by atoms with Gasteiger partial charge in [0.2, 0.25) is 0 Å². The second kappa shape index (κ2) is 15.8. The van der Waals surface area contributed by atoms with Gasteiger partial charge in [-0.1, -0.05) is 188 Å². The number of benzene rings is 8. The predicted molar refractivity (Wildman–Crippen MR) is 251 cm³/mol. The zero-order valence-electron chi connectivity index (χ0n) is 33.8. The molecule has 0 bridgehead atoms. The lowest BCUT2D eigenvalue weighted by molar-refractivity contribution is 0.229. The zero-order chi connectivity index (χ0) is 40.6. The Morgan fingerprint density at radius 1 is 0.600 bits per heavy atom. The Morgan fingerprint density at radius 3 is 2.02 bits per heavy atom. The largest absolute Gasteiger partial charge is 0.484 e. The first-order chi connectivity index (χ1) is 29.5. The predicted octanol–water partition coefficient (Wildman–Crippen LogP) is 14.7. The second-order valence-corrected chi connectivity index (χ2v) is 15.9. The summed E-state index contributed by atoms with van der Waals surface area (Å²) in [5, 5.41) is 2.41. The topological polar surface area (TPSA) is 34.0 Å².